The second kappa shape index (κ2) is 7.35. The van der Waals surface area contributed by atoms with E-state index in [9.17, 15) is 4.79 Å². The van der Waals surface area contributed by atoms with Gasteiger partial charge in [-0.1, -0.05) is 34.9 Å². The van der Waals surface area contributed by atoms with Crippen molar-refractivity contribution in [1.29, 1.82) is 0 Å². The molecule has 0 amide bonds. The second-order valence-corrected chi connectivity index (χ2v) is 5.53. The fourth-order valence-electron chi connectivity index (χ4n) is 2.46. The molecule has 0 aliphatic heterocycles. The zero-order valence-corrected chi connectivity index (χ0v) is 12.3. The molecule has 1 atom stereocenters. The number of allylic oxidation sites excluding steroid dienone is 6. The van der Waals surface area contributed by atoms with Crippen LogP contribution in [0.5, 0.6) is 0 Å². The van der Waals surface area contributed by atoms with Crippen LogP contribution in [0.15, 0.2) is 34.9 Å². The van der Waals surface area contributed by atoms with Crippen molar-refractivity contribution in [3.8, 4) is 0 Å². The van der Waals surface area contributed by atoms with Crippen LogP contribution in [0.4, 0.5) is 0 Å². The van der Waals surface area contributed by atoms with E-state index in [1.165, 1.54) is 16.7 Å². The van der Waals surface area contributed by atoms with E-state index in [1.54, 1.807) is 6.92 Å². The standard InChI is InChI=1S/C17H26O/c1-13-7-5-8-14(2)11-12-17(16(4)18)15(3)10-6-9-13/h8-10,17H,5-7,11-12H2,1-4H3/b13-9?,14-8?,15-10-. The highest BCUT2D eigenvalue weighted by Gasteiger charge is 2.15. The number of Topliss-reactive ketones (excluding diaryl/α,β-unsaturated/α-hetero) is 1. The zero-order valence-electron chi connectivity index (χ0n) is 12.3. The Morgan fingerprint density at radius 2 is 1.72 bits per heavy atom. The number of carbonyl (C=O) groups excluding carboxylic acids is 1. The van der Waals surface area contributed by atoms with E-state index in [4.69, 9.17) is 0 Å². The molecule has 0 aromatic carbocycles. The van der Waals surface area contributed by atoms with Gasteiger partial charge in [-0.3, -0.25) is 4.79 Å². The van der Waals surface area contributed by atoms with Crippen LogP contribution >= 0.6 is 0 Å². The predicted octanol–water partition coefficient (Wildman–Crippen LogP) is 4.99. The summed E-state index contributed by atoms with van der Waals surface area (Å²) in [6.07, 6.45) is 12.1. The van der Waals surface area contributed by atoms with E-state index in [1.807, 2.05) is 0 Å². The lowest BCUT2D eigenvalue weighted by Gasteiger charge is -2.15. The van der Waals surface area contributed by atoms with Crippen LogP contribution in [0.25, 0.3) is 0 Å². The Hall–Kier alpha value is -1.11. The molecule has 0 spiro atoms. The van der Waals surface area contributed by atoms with E-state index >= 15 is 0 Å². The summed E-state index contributed by atoms with van der Waals surface area (Å²) in [5.41, 5.74) is 4.10. The normalized spacial score (nSPS) is 26.0. The molecule has 1 aliphatic rings. The number of hydrogen-bond donors (Lipinski definition) is 0. The summed E-state index contributed by atoms with van der Waals surface area (Å²) < 4.78 is 0. The molecule has 1 rings (SSSR count). The summed E-state index contributed by atoms with van der Waals surface area (Å²) in [6.45, 7) is 8.19. The average molecular weight is 246 g/mol. The maximum Gasteiger partial charge on any atom is 0.136 e. The maximum atomic E-state index is 11.7. The first-order valence-electron chi connectivity index (χ1n) is 6.99. The number of ketones is 1. The van der Waals surface area contributed by atoms with Crippen molar-refractivity contribution in [3.05, 3.63) is 34.9 Å². The van der Waals surface area contributed by atoms with Crippen molar-refractivity contribution in [2.24, 2.45) is 5.92 Å². The molecule has 0 N–H and O–H groups in total. The number of hydrogen-bond acceptors (Lipinski definition) is 1. The number of rotatable bonds is 1. The Morgan fingerprint density at radius 3 is 2.39 bits per heavy atom. The average Bonchev–Trinajstić information content (AvgIpc) is 2.27. The van der Waals surface area contributed by atoms with Crippen LogP contribution in [-0.4, -0.2) is 5.78 Å². The Labute approximate surface area is 112 Å². The van der Waals surface area contributed by atoms with Crippen molar-refractivity contribution in [2.75, 3.05) is 0 Å². The lowest BCUT2D eigenvalue weighted by atomic mass is 9.89. The maximum absolute atomic E-state index is 11.7. The van der Waals surface area contributed by atoms with Gasteiger partial charge in [-0.05, 0) is 59.8 Å². The van der Waals surface area contributed by atoms with Gasteiger partial charge in [0.2, 0.25) is 0 Å². The molecule has 0 heterocycles. The molecule has 1 aliphatic carbocycles. The minimum absolute atomic E-state index is 0.112. The highest BCUT2D eigenvalue weighted by Crippen LogP contribution is 2.23. The van der Waals surface area contributed by atoms with Gasteiger partial charge in [0.25, 0.3) is 0 Å². The van der Waals surface area contributed by atoms with Gasteiger partial charge in [-0.15, -0.1) is 0 Å². The molecule has 1 nitrogen and oxygen atoms in total. The Kier molecular flexibility index (Phi) is 6.11. The molecule has 1 heteroatoms. The molecule has 100 valence electrons. The SMILES string of the molecule is CC(=O)C1CCC(C)=CCCC(C)=CC/C=C\1C. The molecule has 0 saturated carbocycles. The molecule has 0 radical (unpaired) electrons. The third-order valence-corrected chi connectivity index (χ3v) is 3.81. The van der Waals surface area contributed by atoms with Gasteiger partial charge in [0, 0.05) is 5.92 Å². The highest BCUT2D eigenvalue weighted by molar-refractivity contribution is 5.81. The third kappa shape index (κ3) is 5.03. The number of carbonyl (C=O) groups is 1. The first kappa shape index (κ1) is 14.9. The largest absolute Gasteiger partial charge is 0.299 e. The fraction of sp³-hybridized carbons (Fsp3) is 0.588. The molecular weight excluding hydrogens is 220 g/mol. The first-order chi connectivity index (χ1) is 8.50. The smallest absolute Gasteiger partial charge is 0.136 e. The molecule has 1 unspecified atom stereocenters. The van der Waals surface area contributed by atoms with Gasteiger partial charge in [0.05, 0.1) is 0 Å². The first-order valence-corrected chi connectivity index (χ1v) is 6.99. The van der Waals surface area contributed by atoms with Crippen molar-refractivity contribution >= 4 is 5.78 Å². The molecule has 0 fully saturated rings. The van der Waals surface area contributed by atoms with Gasteiger partial charge in [-0.25, -0.2) is 0 Å². The van der Waals surface area contributed by atoms with Crippen LogP contribution in [-0.2, 0) is 4.79 Å². The van der Waals surface area contributed by atoms with E-state index in [-0.39, 0.29) is 5.92 Å². The Bertz CT molecular complexity index is 382. The lowest BCUT2D eigenvalue weighted by Crippen LogP contribution is -2.12. The van der Waals surface area contributed by atoms with Crippen LogP contribution in [0.2, 0.25) is 0 Å². The third-order valence-electron chi connectivity index (χ3n) is 3.81. The second-order valence-electron chi connectivity index (χ2n) is 5.53. The predicted molar refractivity (Wildman–Crippen MR) is 78.5 cm³/mol. The van der Waals surface area contributed by atoms with E-state index in [2.05, 4.69) is 39.0 Å². The summed E-state index contributed by atoms with van der Waals surface area (Å²) in [6, 6.07) is 0. The summed E-state index contributed by atoms with van der Waals surface area (Å²) in [5.74, 6) is 0.413. The molecule has 0 aromatic heterocycles. The Morgan fingerprint density at radius 1 is 1.06 bits per heavy atom. The van der Waals surface area contributed by atoms with Crippen molar-refractivity contribution in [3.63, 3.8) is 0 Å². The quantitative estimate of drug-likeness (QED) is 0.595. The van der Waals surface area contributed by atoms with Gasteiger partial charge >= 0.3 is 0 Å². The van der Waals surface area contributed by atoms with E-state index in [0.717, 1.165) is 32.1 Å². The molecule has 0 aromatic rings. The minimum atomic E-state index is 0.112. The van der Waals surface area contributed by atoms with Gasteiger partial charge in [0.15, 0.2) is 0 Å². The van der Waals surface area contributed by atoms with E-state index in [0.29, 0.717) is 5.78 Å². The van der Waals surface area contributed by atoms with Crippen molar-refractivity contribution in [2.45, 2.75) is 59.8 Å². The van der Waals surface area contributed by atoms with E-state index < -0.39 is 0 Å². The summed E-state index contributed by atoms with van der Waals surface area (Å²) in [4.78, 5) is 11.7. The summed E-state index contributed by atoms with van der Waals surface area (Å²) in [5, 5.41) is 0. The molecule has 0 saturated heterocycles. The molecule has 0 bridgehead atoms. The topological polar surface area (TPSA) is 17.1 Å². The molecule has 18 heavy (non-hydrogen) atoms. The van der Waals surface area contributed by atoms with Crippen molar-refractivity contribution in [1.82, 2.24) is 0 Å². The van der Waals surface area contributed by atoms with Crippen LogP contribution < -0.4 is 0 Å². The Balaban J connectivity index is 2.89. The van der Waals surface area contributed by atoms with Crippen LogP contribution in [0, 0.1) is 5.92 Å². The zero-order chi connectivity index (χ0) is 13.5. The van der Waals surface area contributed by atoms with Gasteiger partial charge in [0.1, 0.15) is 5.78 Å². The van der Waals surface area contributed by atoms with Gasteiger partial charge in [-0.2, -0.15) is 0 Å². The fourth-order valence-corrected chi connectivity index (χ4v) is 2.46. The molecular formula is C17H26O. The summed E-state index contributed by atoms with van der Waals surface area (Å²) in [7, 11) is 0. The van der Waals surface area contributed by atoms with Gasteiger partial charge < -0.3 is 0 Å². The van der Waals surface area contributed by atoms with Crippen LogP contribution in [0.3, 0.4) is 0 Å². The highest BCUT2D eigenvalue weighted by atomic mass is 16.1. The monoisotopic (exact) mass is 246 g/mol. The summed E-state index contributed by atoms with van der Waals surface area (Å²) >= 11 is 0. The minimum Gasteiger partial charge on any atom is -0.299 e. The lowest BCUT2D eigenvalue weighted by molar-refractivity contribution is -0.119. The van der Waals surface area contributed by atoms with Crippen LogP contribution in [0.1, 0.15) is 59.8 Å². The van der Waals surface area contributed by atoms with Crippen molar-refractivity contribution < 1.29 is 4.79 Å².